The van der Waals surface area contributed by atoms with E-state index < -0.39 is 15.1 Å². The second-order valence-corrected chi connectivity index (χ2v) is 5.33. The van der Waals surface area contributed by atoms with Crippen LogP contribution in [0.3, 0.4) is 0 Å². The molecular weight excluding hydrogens is 211 g/mol. The molecule has 0 bridgehead atoms. The average Bonchev–Trinajstić information content (AvgIpc) is 1.87. The van der Waals surface area contributed by atoms with Crippen molar-refractivity contribution in [1.29, 1.82) is 0 Å². The van der Waals surface area contributed by atoms with Crippen molar-refractivity contribution in [3.8, 4) is 0 Å². The van der Waals surface area contributed by atoms with E-state index in [0.717, 1.165) is 5.75 Å². The number of thioether (sulfide) groups is 1. The second kappa shape index (κ2) is 4.63. The van der Waals surface area contributed by atoms with Gasteiger partial charge in [0.25, 0.3) is 0 Å². The van der Waals surface area contributed by atoms with Gasteiger partial charge < -0.3 is 9.66 Å². The molecule has 1 N–H and O–H groups in total. The fourth-order valence-electron chi connectivity index (χ4n) is 0.951. The van der Waals surface area contributed by atoms with Crippen LogP contribution in [-0.4, -0.2) is 34.5 Å². The van der Waals surface area contributed by atoms with Crippen LogP contribution in [0.4, 0.5) is 0 Å². The summed E-state index contributed by atoms with van der Waals surface area (Å²) in [7, 11) is -4.54. The van der Waals surface area contributed by atoms with E-state index in [1.54, 1.807) is 0 Å². The van der Waals surface area contributed by atoms with Crippen LogP contribution in [0.1, 0.15) is 12.8 Å². The molecule has 1 rings (SSSR count). The normalized spacial score (nSPS) is 30.8. The van der Waals surface area contributed by atoms with Crippen LogP contribution in [0.15, 0.2) is 0 Å². The predicted octanol–water partition coefficient (Wildman–Crippen LogP) is -3.25. The zero-order valence-electron chi connectivity index (χ0n) is 6.82. The Morgan fingerprint density at radius 2 is 2.08 bits per heavy atom. The summed E-state index contributed by atoms with van der Waals surface area (Å²) in [5.41, 5.74) is 0. The largest absolute Gasteiger partial charge is 1.00 e. The Bertz CT molecular complexity index is 232. The first-order chi connectivity index (χ1) is 4.96. The van der Waals surface area contributed by atoms with Crippen molar-refractivity contribution in [1.82, 2.24) is 0 Å². The van der Waals surface area contributed by atoms with Gasteiger partial charge in [-0.05, 0) is 18.6 Å². The molecule has 1 saturated heterocycles. The number of rotatable bonds is 1. The van der Waals surface area contributed by atoms with E-state index in [1.807, 2.05) is 0 Å². The summed E-state index contributed by atoms with van der Waals surface area (Å²) in [6.45, 7) is 0. The van der Waals surface area contributed by atoms with Gasteiger partial charge in [-0.25, -0.2) is 8.42 Å². The van der Waals surface area contributed by atoms with Crippen LogP contribution in [0, 0.1) is 0 Å². The number of hydrogen-bond acceptors (Lipinski definition) is 5. The minimum atomic E-state index is -4.54. The fourth-order valence-corrected chi connectivity index (χ4v) is 3.13. The van der Waals surface area contributed by atoms with Crippen LogP contribution in [0.5, 0.6) is 0 Å². The first kappa shape index (κ1) is 13.2. The van der Waals surface area contributed by atoms with Crippen molar-refractivity contribution in [3.63, 3.8) is 0 Å². The van der Waals surface area contributed by atoms with Crippen LogP contribution in [0.25, 0.3) is 0 Å². The molecular formula is C5H9NaO4S2. The average molecular weight is 220 g/mol. The third-order valence-electron chi connectivity index (χ3n) is 1.65. The Kier molecular flexibility index (Phi) is 5.11. The van der Waals surface area contributed by atoms with Crippen molar-refractivity contribution < 1.29 is 47.6 Å². The van der Waals surface area contributed by atoms with Gasteiger partial charge in [0, 0.05) is 5.75 Å². The summed E-state index contributed by atoms with van der Waals surface area (Å²) in [5.74, 6) is 0.830. The molecule has 4 nitrogen and oxygen atoms in total. The van der Waals surface area contributed by atoms with Crippen LogP contribution < -0.4 is 29.6 Å². The smallest absolute Gasteiger partial charge is 0.746 e. The van der Waals surface area contributed by atoms with Crippen LogP contribution >= 0.6 is 11.8 Å². The monoisotopic (exact) mass is 220 g/mol. The number of hydrogen-bond donors (Lipinski definition) is 1. The third kappa shape index (κ3) is 2.87. The van der Waals surface area contributed by atoms with Gasteiger partial charge in [0.2, 0.25) is 0 Å². The number of aliphatic hydroxyl groups is 1. The molecule has 0 aromatic rings. The van der Waals surface area contributed by atoms with Gasteiger partial charge in [-0.15, -0.1) is 0 Å². The van der Waals surface area contributed by atoms with Gasteiger partial charge in [0.15, 0.2) is 4.93 Å². The molecule has 1 aliphatic heterocycles. The molecule has 1 aliphatic rings. The van der Waals surface area contributed by atoms with E-state index >= 15 is 0 Å². The van der Waals surface area contributed by atoms with Gasteiger partial charge in [-0.1, -0.05) is 0 Å². The molecule has 1 unspecified atom stereocenters. The summed E-state index contributed by atoms with van der Waals surface area (Å²) < 4.78 is 31.5. The third-order valence-corrected chi connectivity index (χ3v) is 4.37. The van der Waals surface area contributed by atoms with Crippen LogP contribution in [0.2, 0.25) is 0 Å². The first-order valence-corrected chi connectivity index (χ1v) is 5.78. The summed E-state index contributed by atoms with van der Waals surface area (Å²) in [6.07, 6.45) is 0.661. The molecule has 12 heavy (non-hydrogen) atoms. The SMILES string of the molecule is O=S(=O)([O-])C1(O)CCCSC1.[Na+]. The van der Waals surface area contributed by atoms with E-state index in [0.29, 0.717) is 6.42 Å². The van der Waals surface area contributed by atoms with Gasteiger partial charge in [0.05, 0.1) is 0 Å². The van der Waals surface area contributed by atoms with Crippen molar-refractivity contribution in [2.45, 2.75) is 17.8 Å². The maximum absolute atomic E-state index is 10.5. The van der Waals surface area contributed by atoms with Gasteiger partial charge in [-0.3, -0.25) is 0 Å². The molecule has 0 aromatic heterocycles. The summed E-state index contributed by atoms with van der Waals surface area (Å²) >= 11 is 1.30. The van der Waals surface area contributed by atoms with Crippen molar-refractivity contribution in [2.24, 2.45) is 0 Å². The maximum Gasteiger partial charge on any atom is 1.00 e. The molecule has 1 atom stereocenters. The molecule has 0 spiro atoms. The van der Waals surface area contributed by atoms with E-state index in [2.05, 4.69) is 0 Å². The Balaban J connectivity index is 0.00000121. The molecule has 0 aliphatic carbocycles. The first-order valence-electron chi connectivity index (χ1n) is 3.21. The standard InChI is InChI=1S/C5H10O4S2.Na/c6-5(11(7,8)9)2-1-3-10-4-5;/h6H,1-4H2,(H,7,8,9);/q;+1/p-1. The summed E-state index contributed by atoms with van der Waals surface area (Å²) in [6, 6.07) is 0. The minimum absolute atomic E-state index is 0. The molecule has 0 aromatic carbocycles. The molecule has 1 heterocycles. The molecule has 66 valence electrons. The van der Waals surface area contributed by atoms with Gasteiger partial charge in [0.1, 0.15) is 10.1 Å². The van der Waals surface area contributed by atoms with Gasteiger partial charge >= 0.3 is 29.6 Å². The van der Waals surface area contributed by atoms with Crippen molar-refractivity contribution in [2.75, 3.05) is 11.5 Å². The topological polar surface area (TPSA) is 77.4 Å². The maximum atomic E-state index is 10.5. The Labute approximate surface area is 98.2 Å². The predicted molar refractivity (Wildman–Crippen MR) is 41.2 cm³/mol. The van der Waals surface area contributed by atoms with Crippen LogP contribution in [-0.2, 0) is 10.1 Å². The molecule has 0 saturated carbocycles. The summed E-state index contributed by atoms with van der Waals surface area (Å²) in [5, 5.41) is 9.29. The summed E-state index contributed by atoms with van der Waals surface area (Å²) in [4.78, 5) is -2.00. The second-order valence-electron chi connectivity index (χ2n) is 2.56. The van der Waals surface area contributed by atoms with E-state index in [4.69, 9.17) is 0 Å². The zero-order chi connectivity index (χ0) is 8.54. The quantitative estimate of drug-likeness (QED) is 0.371. The Morgan fingerprint density at radius 3 is 2.33 bits per heavy atom. The van der Waals surface area contributed by atoms with E-state index in [-0.39, 0.29) is 41.7 Å². The Hall–Kier alpha value is 1.22. The minimum Gasteiger partial charge on any atom is -0.746 e. The zero-order valence-corrected chi connectivity index (χ0v) is 10.4. The van der Waals surface area contributed by atoms with E-state index in [9.17, 15) is 18.1 Å². The molecule has 0 radical (unpaired) electrons. The van der Waals surface area contributed by atoms with E-state index in [1.165, 1.54) is 11.8 Å². The molecule has 7 heteroatoms. The van der Waals surface area contributed by atoms with Crippen molar-refractivity contribution in [3.05, 3.63) is 0 Å². The van der Waals surface area contributed by atoms with Crippen molar-refractivity contribution >= 4 is 21.9 Å². The molecule has 0 amide bonds. The fraction of sp³-hybridized carbons (Fsp3) is 1.00. The Morgan fingerprint density at radius 1 is 1.50 bits per heavy atom. The molecule has 1 fully saturated rings. The van der Waals surface area contributed by atoms with Gasteiger partial charge in [-0.2, -0.15) is 11.8 Å².